The average molecular weight is 624 g/mol. The normalized spacial score (nSPS) is 19.2. The molecule has 13 heteroatoms. The molecule has 12 nitrogen and oxygen atoms in total. The van der Waals surface area contributed by atoms with Crippen molar-refractivity contribution in [3.63, 3.8) is 0 Å². The second-order valence-corrected chi connectivity index (χ2v) is 12.3. The van der Waals surface area contributed by atoms with Gasteiger partial charge in [0.25, 0.3) is 0 Å². The standard InChI is InChI=1S/C31H37N5O7S/c1-21-29(36(22(2)43-21)44(41,42)25-10-4-3-5-11-25)30(38)35-26(31(39)40)20-23-14-16-24(17-15-23)34-28(37)13-7-9-19-33-27-12-6-8-18-32-27/h3-6,8,10-12,14-18,21-22,26,29H,7,9,13,19-20H2,1-2H3,(H,32,33)(H,34,37)(H,35,38)(H,39,40)/t21?,22?,26-,29-/m0/s1. The third kappa shape index (κ3) is 8.40. The number of pyridine rings is 1. The van der Waals surface area contributed by atoms with Gasteiger partial charge in [0.2, 0.25) is 21.8 Å². The molecule has 0 saturated carbocycles. The Balaban J connectivity index is 1.31. The van der Waals surface area contributed by atoms with Crippen LogP contribution in [0.4, 0.5) is 11.5 Å². The number of hydrogen-bond acceptors (Lipinski definition) is 8. The van der Waals surface area contributed by atoms with Crippen LogP contribution in [0.3, 0.4) is 0 Å². The number of nitrogens with zero attached hydrogens (tertiary/aromatic N) is 2. The SMILES string of the molecule is CC1OC(C)N(S(=O)(=O)c2ccccc2)[C@@H]1C(=O)N[C@@H](Cc1ccc(NC(=O)CCCCNc2ccccn2)cc1)C(=O)O. The number of benzene rings is 2. The maximum absolute atomic E-state index is 13.4. The Labute approximate surface area is 256 Å². The summed E-state index contributed by atoms with van der Waals surface area (Å²) in [6.45, 7) is 3.80. The maximum Gasteiger partial charge on any atom is 0.326 e. The van der Waals surface area contributed by atoms with Gasteiger partial charge in [-0.3, -0.25) is 9.59 Å². The minimum Gasteiger partial charge on any atom is -0.480 e. The lowest BCUT2D eigenvalue weighted by Crippen LogP contribution is -2.54. The Bertz CT molecular complexity index is 1520. The lowest BCUT2D eigenvalue weighted by Gasteiger charge is -2.27. The van der Waals surface area contributed by atoms with E-state index in [9.17, 15) is 27.9 Å². The highest BCUT2D eigenvalue weighted by Crippen LogP contribution is 2.30. The summed E-state index contributed by atoms with van der Waals surface area (Å²) in [4.78, 5) is 42.0. The van der Waals surface area contributed by atoms with Gasteiger partial charge in [-0.05, 0) is 68.7 Å². The fourth-order valence-corrected chi connectivity index (χ4v) is 6.75. The molecule has 1 aromatic heterocycles. The number of carbonyl (C=O) groups excluding carboxylic acids is 2. The second-order valence-electron chi connectivity index (χ2n) is 10.5. The lowest BCUT2D eigenvalue weighted by molar-refractivity contribution is -0.142. The fraction of sp³-hybridized carbons (Fsp3) is 0.355. The first-order valence-electron chi connectivity index (χ1n) is 14.4. The third-order valence-corrected chi connectivity index (χ3v) is 9.12. The summed E-state index contributed by atoms with van der Waals surface area (Å²) in [5.41, 5.74) is 1.17. The molecule has 0 aliphatic carbocycles. The van der Waals surface area contributed by atoms with E-state index in [1.165, 1.54) is 19.1 Å². The summed E-state index contributed by atoms with van der Waals surface area (Å²) in [7, 11) is -4.11. The lowest BCUT2D eigenvalue weighted by atomic mass is 10.0. The molecule has 0 spiro atoms. The van der Waals surface area contributed by atoms with Crippen molar-refractivity contribution in [3.8, 4) is 0 Å². The highest BCUT2D eigenvalue weighted by Gasteiger charge is 2.49. The van der Waals surface area contributed by atoms with E-state index in [4.69, 9.17) is 4.74 Å². The summed E-state index contributed by atoms with van der Waals surface area (Å²) in [5.74, 6) is -1.39. The number of amides is 2. The maximum atomic E-state index is 13.4. The summed E-state index contributed by atoms with van der Waals surface area (Å²) in [5, 5.41) is 18.4. The Kier molecular flexibility index (Phi) is 11.0. The smallest absolute Gasteiger partial charge is 0.326 e. The van der Waals surface area contributed by atoms with Gasteiger partial charge < -0.3 is 25.8 Å². The van der Waals surface area contributed by atoms with E-state index >= 15 is 0 Å². The molecule has 3 aromatic rings. The molecular weight excluding hydrogens is 586 g/mol. The van der Waals surface area contributed by atoms with Crippen molar-refractivity contribution < 1.29 is 32.6 Å². The fourth-order valence-electron chi connectivity index (χ4n) is 5.00. The van der Waals surface area contributed by atoms with Crippen LogP contribution in [-0.4, -0.2) is 71.6 Å². The van der Waals surface area contributed by atoms with Crippen LogP contribution in [0.1, 0.15) is 38.7 Å². The Hall–Kier alpha value is -4.33. The van der Waals surface area contributed by atoms with Gasteiger partial charge in [0, 0.05) is 31.3 Å². The molecule has 1 aliphatic rings. The van der Waals surface area contributed by atoms with E-state index in [0.717, 1.165) is 16.5 Å². The van der Waals surface area contributed by atoms with Crippen LogP contribution in [0, 0.1) is 0 Å². The van der Waals surface area contributed by atoms with Gasteiger partial charge in [-0.25, -0.2) is 18.2 Å². The van der Waals surface area contributed by atoms with Crippen LogP contribution < -0.4 is 16.0 Å². The number of aliphatic carboxylic acids is 1. The van der Waals surface area contributed by atoms with Crippen molar-refractivity contribution in [2.75, 3.05) is 17.2 Å². The molecule has 4 rings (SSSR count). The minimum absolute atomic E-state index is 0.00179. The molecule has 2 unspecified atom stereocenters. The zero-order chi connectivity index (χ0) is 31.7. The molecule has 1 aliphatic heterocycles. The number of sulfonamides is 1. The van der Waals surface area contributed by atoms with Crippen LogP contribution in [0.5, 0.6) is 0 Å². The third-order valence-electron chi connectivity index (χ3n) is 7.17. The highest BCUT2D eigenvalue weighted by molar-refractivity contribution is 7.89. The molecule has 1 fully saturated rings. The number of hydrogen-bond donors (Lipinski definition) is 4. The molecular formula is C31H37N5O7S. The molecule has 4 atom stereocenters. The molecule has 0 bridgehead atoms. The zero-order valence-corrected chi connectivity index (χ0v) is 25.4. The molecule has 234 valence electrons. The van der Waals surface area contributed by atoms with Gasteiger partial charge in [-0.15, -0.1) is 0 Å². The quantitative estimate of drug-likeness (QED) is 0.197. The summed E-state index contributed by atoms with van der Waals surface area (Å²) >= 11 is 0. The van der Waals surface area contributed by atoms with Crippen molar-refractivity contribution in [2.45, 2.75) is 68.8 Å². The van der Waals surface area contributed by atoms with Gasteiger partial charge in [0.05, 0.1) is 11.0 Å². The van der Waals surface area contributed by atoms with Crippen molar-refractivity contribution in [2.24, 2.45) is 0 Å². The minimum atomic E-state index is -4.11. The average Bonchev–Trinajstić information content (AvgIpc) is 3.32. The van der Waals surface area contributed by atoms with Crippen LogP contribution in [0.25, 0.3) is 0 Å². The van der Waals surface area contributed by atoms with Crippen LogP contribution in [0.2, 0.25) is 0 Å². The van der Waals surface area contributed by atoms with E-state index in [2.05, 4.69) is 20.9 Å². The van der Waals surface area contributed by atoms with Gasteiger partial charge in [-0.1, -0.05) is 36.4 Å². The van der Waals surface area contributed by atoms with Crippen LogP contribution in [-0.2, 0) is 35.6 Å². The van der Waals surface area contributed by atoms with Gasteiger partial charge >= 0.3 is 5.97 Å². The number of aromatic nitrogens is 1. The monoisotopic (exact) mass is 623 g/mol. The molecule has 0 radical (unpaired) electrons. The number of nitrogens with one attached hydrogen (secondary N) is 3. The van der Waals surface area contributed by atoms with E-state index in [0.29, 0.717) is 30.6 Å². The summed E-state index contributed by atoms with van der Waals surface area (Å²) in [6, 6.07) is 17.4. The summed E-state index contributed by atoms with van der Waals surface area (Å²) < 4.78 is 33.4. The predicted molar refractivity (Wildman–Crippen MR) is 164 cm³/mol. The van der Waals surface area contributed by atoms with E-state index in [1.54, 1.807) is 55.6 Å². The first-order chi connectivity index (χ1) is 21.1. The van der Waals surface area contributed by atoms with Crippen LogP contribution >= 0.6 is 0 Å². The zero-order valence-electron chi connectivity index (χ0n) is 24.5. The molecule has 2 heterocycles. The Morgan fingerprint density at radius 2 is 1.68 bits per heavy atom. The number of rotatable bonds is 14. The van der Waals surface area contributed by atoms with E-state index in [1.807, 2.05) is 18.2 Å². The Morgan fingerprint density at radius 1 is 0.977 bits per heavy atom. The number of carboxylic acids is 1. The van der Waals surface area contributed by atoms with Crippen molar-refractivity contribution in [3.05, 3.63) is 84.6 Å². The molecule has 1 saturated heterocycles. The number of unbranched alkanes of at least 4 members (excludes halogenated alkanes) is 1. The first-order valence-corrected chi connectivity index (χ1v) is 15.8. The number of carbonyl (C=O) groups is 3. The highest BCUT2D eigenvalue weighted by atomic mass is 32.2. The molecule has 2 amide bonds. The van der Waals surface area contributed by atoms with Crippen LogP contribution in [0.15, 0.2) is 83.9 Å². The largest absolute Gasteiger partial charge is 0.480 e. The van der Waals surface area contributed by atoms with E-state index < -0.39 is 46.3 Å². The topological polar surface area (TPSA) is 167 Å². The number of anilines is 2. The van der Waals surface area contributed by atoms with Crippen molar-refractivity contribution in [1.29, 1.82) is 0 Å². The van der Waals surface area contributed by atoms with Gasteiger partial charge in [-0.2, -0.15) is 4.31 Å². The summed E-state index contributed by atoms with van der Waals surface area (Å²) in [6.07, 6.45) is 1.75. The Morgan fingerprint density at radius 3 is 2.34 bits per heavy atom. The first kappa shape index (κ1) is 32.6. The predicted octanol–water partition coefficient (Wildman–Crippen LogP) is 3.24. The molecule has 44 heavy (non-hydrogen) atoms. The van der Waals surface area contributed by atoms with Gasteiger partial charge in [0.1, 0.15) is 24.1 Å². The second kappa shape index (κ2) is 14.9. The van der Waals surface area contributed by atoms with E-state index in [-0.39, 0.29) is 17.2 Å². The van der Waals surface area contributed by atoms with Gasteiger partial charge in [0.15, 0.2) is 0 Å². The number of carboxylic acid groups (broad SMARTS) is 1. The van der Waals surface area contributed by atoms with Crippen molar-refractivity contribution >= 4 is 39.3 Å². The molecule has 4 N–H and O–H groups in total. The molecule has 2 aromatic carbocycles. The number of ether oxygens (including phenoxy) is 1. The van der Waals surface area contributed by atoms with Crippen molar-refractivity contribution in [1.82, 2.24) is 14.6 Å².